The molecule has 128 valence electrons. The molecular weight excluding hydrogens is 338 g/mol. The molecule has 0 aliphatic heterocycles. The van der Waals surface area contributed by atoms with Crippen LogP contribution < -0.4 is 5.32 Å². The van der Waals surface area contributed by atoms with Crippen LogP contribution in [-0.4, -0.2) is 16.0 Å². The molecule has 0 saturated carbocycles. The van der Waals surface area contributed by atoms with Crippen molar-refractivity contribution in [3.63, 3.8) is 0 Å². The second-order valence-electron chi connectivity index (χ2n) is 5.54. The van der Waals surface area contributed by atoms with E-state index in [4.69, 9.17) is 16.1 Å². The maximum Gasteiger partial charge on any atom is 0.277 e. The lowest BCUT2D eigenvalue weighted by Crippen LogP contribution is -2.15. The molecule has 2 heterocycles. The van der Waals surface area contributed by atoms with Crippen LogP contribution in [0.4, 0.5) is 5.69 Å². The van der Waals surface area contributed by atoms with Gasteiger partial charge in [0.05, 0.1) is 0 Å². The first kappa shape index (κ1) is 17.2. The van der Waals surface area contributed by atoms with Crippen LogP contribution in [-0.2, 0) is 12.8 Å². The lowest BCUT2D eigenvalue weighted by molar-refractivity contribution is 0.101. The van der Waals surface area contributed by atoms with Gasteiger partial charge in [-0.25, -0.2) is 0 Å². The number of nitrogens with one attached hydrogen (secondary N) is 1. The molecule has 3 rings (SSSR count). The molecule has 0 spiro atoms. The summed E-state index contributed by atoms with van der Waals surface area (Å²) in [5, 5.41) is 7.46. The van der Waals surface area contributed by atoms with Crippen molar-refractivity contribution in [2.45, 2.75) is 26.7 Å². The Kier molecular flexibility index (Phi) is 5.14. The number of carbonyl (C=O) groups is 1. The summed E-state index contributed by atoms with van der Waals surface area (Å²) >= 11 is 6.28. The van der Waals surface area contributed by atoms with Gasteiger partial charge >= 0.3 is 0 Å². The number of pyridine rings is 1. The molecule has 2 aromatic heterocycles. The Morgan fingerprint density at radius 3 is 2.76 bits per heavy atom. The number of rotatable bonds is 5. The minimum Gasteiger partial charge on any atom is -0.355 e. The molecule has 5 nitrogen and oxygen atoms in total. The normalized spacial score (nSPS) is 10.7. The number of carbonyl (C=O) groups excluding carboxylic acids is 1. The standard InChI is InChI=1S/C19H18ClN3O2/c1-3-12-7-8-15(20)14(4-2)18(12)22-19(24)16-10-17(25-23-16)13-6-5-9-21-11-13/h5-11H,3-4H2,1-2H3,(H,22,24). The summed E-state index contributed by atoms with van der Waals surface area (Å²) in [5.74, 6) is 0.168. The van der Waals surface area contributed by atoms with Gasteiger partial charge in [-0.3, -0.25) is 9.78 Å². The Hall–Kier alpha value is -2.66. The number of hydrogen-bond donors (Lipinski definition) is 1. The monoisotopic (exact) mass is 355 g/mol. The molecule has 0 atom stereocenters. The van der Waals surface area contributed by atoms with Crippen LogP contribution in [0.3, 0.4) is 0 Å². The molecule has 0 saturated heterocycles. The van der Waals surface area contributed by atoms with Gasteiger partial charge in [0.15, 0.2) is 11.5 Å². The van der Waals surface area contributed by atoms with Crippen LogP contribution in [0.5, 0.6) is 0 Å². The topological polar surface area (TPSA) is 68.0 Å². The second-order valence-corrected chi connectivity index (χ2v) is 5.95. The van der Waals surface area contributed by atoms with Crippen molar-refractivity contribution in [1.82, 2.24) is 10.1 Å². The SMILES string of the molecule is CCc1ccc(Cl)c(CC)c1NC(=O)c1cc(-c2cccnc2)on1. The fourth-order valence-corrected chi connectivity index (χ4v) is 2.96. The van der Waals surface area contributed by atoms with E-state index in [1.807, 2.05) is 32.0 Å². The Morgan fingerprint density at radius 2 is 2.08 bits per heavy atom. The van der Waals surface area contributed by atoms with E-state index in [0.717, 1.165) is 35.2 Å². The van der Waals surface area contributed by atoms with Crippen LogP contribution in [0.25, 0.3) is 11.3 Å². The number of halogens is 1. The zero-order chi connectivity index (χ0) is 17.8. The molecule has 0 radical (unpaired) electrons. The summed E-state index contributed by atoms with van der Waals surface area (Å²) < 4.78 is 5.27. The van der Waals surface area contributed by atoms with Crippen LogP contribution >= 0.6 is 11.6 Å². The van der Waals surface area contributed by atoms with Crippen molar-refractivity contribution < 1.29 is 9.32 Å². The Bertz CT molecular complexity index is 891. The van der Waals surface area contributed by atoms with E-state index in [1.165, 1.54) is 0 Å². The molecule has 0 unspecified atom stereocenters. The third-order valence-electron chi connectivity index (χ3n) is 4.00. The van der Waals surface area contributed by atoms with E-state index < -0.39 is 0 Å². The van der Waals surface area contributed by atoms with Crippen LogP contribution in [0.15, 0.2) is 47.2 Å². The highest BCUT2D eigenvalue weighted by Gasteiger charge is 2.18. The molecule has 1 amide bonds. The summed E-state index contributed by atoms with van der Waals surface area (Å²) in [4.78, 5) is 16.6. The first-order valence-electron chi connectivity index (χ1n) is 8.12. The number of nitrogens with zero attached hydrogens (tertiary/aromatic N) is 2. The number of aromatic nitrogens is 2. The average Bonchev–Trinajstić information content (AvgIpc) is 3.13. The zero-order valence-corrected chi connectivity index (χ0v) is 14.8. The van der Waals surface area contributed by atoms with E-state index in [1.54, 1.807) is 24.5 Å². The van der Waals surface area contributed by atoms with Crippen molar-refractivity contribution in [3.05, 3.63) is 64.6 Å². The summed E-state index contributed by atoms with van der Waals surface area (Å²) in [6.45, 7) is 4.04. The average molecular weight is 356 g/mol. The van der Waals surface area contributed by atoms with Gasteiger partial charge in [-0.2, -0.15) is 0 Å². The molecule has 25 heavy (non-hydrogen) atoms. The number of hydrogen-bond acceptors (Lipinski definition) is 4. The largest absolute Gasteiger partial charge is 0.355 e. The number of anilines is 1. The van der Waals surface area contributed by atoms with Gasteiger partial charge < -0.3 is 9.84 Å². The highest BCUT2D eigenvalue weighted by Crippen LogP contribution is 2.30. The minimum absolute atomic E-state index is 0.211. The Balaban J connectivity index is 1.89. The van der Waals surface area contributed by atoms with Crippen molar-refractivity contribution in [3.8, 4) is 11.3 Å². The van der Waals surface area contributed by atoms with Crippen molar-refractivity contribution in [1.29, 1.82) is 0 Å². The van der Waals surface area contributed by atoms with Gasteiger partial charge in [-0.1, -0.05) is 36.7 Å². The van der Waals surface area contributed by atoms with Gasteiger partial charge in [0.1, 0.15) is 0 Å². The summed E-state index contributed by atoms with van der Waals surface area (Å²) in [6, 6.07) is 9.04. The Morgan fingerprint density at radius 1 is 1.24 bits per heavy atom. The van der Waals surface area contributed by atoms with E-state index in [2.05, 4.69) is 15.5 Å². The second kappa shape index (κ2) is 7.49. The third kappa shape index (κ3) is 3.56. The molecule has 1 N–H and O–H groups in total. The predicted molar refractivity (Wildman–Crippen MR) is 97.9 cm³/mol. The van der Waals surface area contributed by atoms with E-state index in [0.29, 0.717) is 10.8 Å². The molecule has 0 fully saturated rings. The smallest absolute Gasteiger partial charge is 0.277 e. The van der Waals surface area contributed by atoms with E-state index in [-0.39, 0.29) is 11.6 Å². The highest BCUT2D eigenvalue weighted by atomic mass is 35.5. The van der Waals surface area contributed by atoms with Crippen LogP contribution in [0.1, 0.15) is 35.5 Å². The first-order chi connectivity index (χ1) is 12.1. The minimum atomic E-state index is -0.328. The molecule has 0 aliphatic carbocycles. The van der Waals surface area contributed by atoms with Gasteiger partial charge in [-0.05, 0) is 42.2 Å². The fraction of sp³-hybridized carbons (Fsp3) is 0.211. The number of amides is 1. The molecule has 0 bridgehead atoms. The van der Waals surface area contributed by atoms with Gasteiger partial charge in [0.2, 0.25) is 0 Å². The summed E-state index contributed by atoms with van der Waals surface area (Å²) in [7, 11) is 0. The summed E-state index contributed by atoms with van der Waals surface area (Å²) in [6.07, 6.45) is 4.84. The van der Waals surface area contributed by atoms with E-state index >= 15 is 0 Å². The molecule has 3 aromatic rings. The van der Waals surface area contributed by atoms with E-state index in [9.17, 15) is 4.79 Å². The molecular formula is C19H18ClN3O2. The van der Waals surface area contributed by atoms with Gasteiger partial charge in [0, 0.05) is 34.7 Å². The third-order valence-corrected chi connectivity index (χ3v) is 4.36. The van der Waals surface area contributed by atoms with Gasteiger partial charge in [0.25, 0.3) is 5.91 Å². The highest BCUT2D eigenvalue weighted by molar-refractivity contribution is 6.32. The molecule has 1 aromatic carbocycles. The maximum absolute atomic E-state index is 12.6. The van der Waals surface area contributed by atoms with Gasteiger partial charge in [-0.15, -0.1) is 0 Å². The predicted octanol–water partition coefficient (Wildman–Crippen LogP) is 4.77. The van der Waals surface area contributed by atoms with Crippen LogP contribution in [0.2, 0.25) is 5.02 Å². The summed E-state index contributed by atoms with van der Waals surface area (Å²) in [5.41, 5.74) is 3.69. The van der Waals surface area contributed by atoms with Crippen molar-refractivity contribution in [2.24, 2.45) is 0 Å². The van der Waals surface area contributed by atoms with Crippen molar-refractivity contribution >= 4 is 23.2 Å². The zero-order valence-electron chi connectivity index (χ0n) is 14.0. The fourth-order valence-electron chi connectivity index (χ4n) is 2.67. The quantitative estimate of drug-likeness (QED) is 0.716. The molecule has 0 aliphatic rings. The number of aryl methyl sites for hydroxylation is 1. The first-order valence-corrected chi connectivity index (χ1v) is 8.50. The number of benzene rings is 1. The molecule has 6 heteroatoms. The Labute approximate surface area is 151 Å². The lowest BCUT2D eigenvalue weighted by Gasteiger charge is -2.15. The lowest BCUT2D eigenvalue weighted by atomic mass is 10.0. The van der Waals surface area contributed by atoms with Crippen LogP contribution in [0, 0.1) is 0 Å². The maximum atomic E-state index is 12.6. The van der Waals surface area contributed by atoms with Crippen molar-refractivity contribution in [2.75, 3.05) is 5.32 Å².